The Morgan fingerprint density at radius 1 is 1.40 bits per heavy atom. The summed E-state index contributed by atoms with van der Waals surface area (Å²) in [5, 5.41) is 14.2. The maximum Gasteiger partial charge on any atom is 0.223 e. The molecule has 5 nitrogen and oxygen atoms in total. The van der Waals surface area contributed by atoms with E-state index < -0.39 is 5.54 Å². The number of rotatable bonds is 4. The van der Waals surface area contributed by atoms with Crippen molar-refractivity contribution < 1.29 is 10.0 Å². The molecule has 0 aliphatic heterocycles. The molecule has 0 aromatic rings. The van der Waals surface area contributed by atoms with E-state index in [9.17, 15) is 4.79 Å². The third-order valence-corrected chi connectivity index (χ3v) is 2.60. The van der Waals surface area contributed by atoms with E-state index in [1.54, 1.807) is 13.8 Å². The lowest BCUT2D eigenvalue weighted by Crippen LogP contribution is -2.54. The van der Waals surface area contributed by atoms with Crippen molar-refractivity contribution in [3.63, 3.8) is 0 Å². The fraction of sp³-hybridized carbons (Fsp3) is 0.800. The van der Waals surface area contributed by atoms with E-state index in [1.807, 2.05) is 20.8 Å². The van der Waals surface area contributed by atoms with E-state index in [0.29, 0.717) is 0 Å². The Bertz CT molecular complexity index is 259. The molecule has 88 valence electrons. The minimum absolute atomic E-state index is 0.00759. The van der Waals surface area contributed by atoms with Gasteiger partial charge in [-0.1, -0.05) is 25.9 Å². The molecule has 0 rings (SSSR count). The van der Waals surface area contributed by atoms with Gasteiger partial charge < -0.3 is 16.3 Å². The number of amidine groups is 1. The third-order valence-electron chi connectivity index (χ3n) is 2.60. The standard InChI is InChI=1S/C10H21N3O2/c1-6(2)7(3)8(14)12-10(4,5)9(11)13-15/h6-7,15H,1-5H3,(H2,11,13)(H,12,14). The molecule has 0 aliphatic carbocycles. The van der Waals surface area contributed by atoms with E-state index in [1.165, 1.54) is 0 Å². The minimum atomic E-state index is -0.824. The van der Waals surface area contributed by atoms with E-state index in [-0.39, 0.29) is 23.6 Å². The second-order valence-electron chi connectivity index (χ2n) is 4.63. The van der Waals surface area contributed by atoms with Gasteiger partial charge in [-0.25, -0.2) is 0 Å². The Morgan fingerprint density at radius 3 is 2.20 bits per heavy atom. The first kappa shape index (κ1) is 13.7. The SMILES string of the molecule is CC(C)C(C)C(=O)NC(C)(C)C(N)=NO. The maximum atomic E-state index is 11.7. The summed E-state index contributed by atoms with van der Waals surface area (Å²) < 4.78 is 0. The number of hydrogen-bond acceptors (Lipinski definition) is 3. The lowest BCUT2D eigenvalue weighted by Gasteiger charge is -2.27. The van der Waals surface area contributed by atoms with Gasteiger partial charge >= 0.3 is 0 Å². The van der Waals surface area contributed by atoms with Crippen LogP contribution >= 0.6 is 0 Å². The van der Waals surface area contributed by atoms with Crippen LogP contribution < -0.4 is 11.1 Å². The average Bonchev–Trinajstić information content (AvgIpc) is 2.14. The van der Waals surface area contributed by atoms with Crippen molar-refractivity contribution in [2.24, 2.45) is 22.7 Å². The topological polar surface area (TPSA) is 87.7 Å². The number of nitrogens with zero attached hydrogens (tertiary/aromatic N) is 1. The largest absolute Gasteiger partial charge is 0.409 e. The summed E-state index contributed by atoms with van der Waals surface area (Å²) in [7, 11) is 0. The Labute approximate surface area is 90.7 Å². The molecule has 0 aromatic heterocycles. The van der Waals surface area contributed by atoms with Crippen LogP contribution in [0.3, 0.4) is 0 Å². The van der Waals surface area contributed by atoms with Crippen molar-refractivity contribution in [2.45, 2.75) is 40.2 Å². The first-order valence-electron chi connectivity index (χ1n) is 5.02. The highest BCUT2D eigenvalue weighted by Gasteiger charge is 2.28. The molecule has 1 amide bonds. The average molecular weight is 215 g/mol. The Kier molecular flexibility index (Phi) is 4.58. The number of amides is 1. The first-order valence-corrected chi connectivity index (χ1v) is 5.02. The molecule has 0 bridgehead atoms. The van der Waals surface area contributed by atoms with Crippen LogP contribution in [0.15, 0.2) is 5.16 Å². The van der Waals surface area contributed by atoms with Crippen LogP contribution in [0.25, 0.3) is 0 Å². The van der Waals surface area contributed by atoms with Gasteiger partial charge in [-0.2, -0.15) is 0 Å². The van der Waals surface area contributed by atoms with Crippen LogP contribution in [0.2, 0.25) is 0 Å². The second kappa shape index (κ2) is 5.00. The van der Waals surface area contributed by atoms with Gasteiger partial charge in [-0.05, 0) is 19.8 Å². The second-order valence-corrected chi connectivity index (χ2v) is 4.63. The van der Waals surface area contributed by atoms with E-state index in [2.05, 4.69) is 10.5 Å². The van der Waals surface area contributed by atoms with E-state index in [4.69, 9.17) is 10.9 Å². The van der Waals surface area contributed by atoms with E-state index in [0.717, 1.165) is 0 Å². The normalized spacial score (nSPS) is 15.2. The summed E-state index contributed by atoms with van der Waals surface area (Å²) in [6, 6.07) is 0. The molecule has 0 aromatic carbocycles. The molecule has 15 heavy (non-hydrogen) atoms. The molecule has 0 spiro atoms. The molecule has 4 N–H and O–H groups in total. The monoisotopic (exact) mass is 215 g/mol. The summed E-state index contributed by atoms with van der Waals surface area (Å²) in [5.74, 6) is 0.0530. The molecule has 1 unspecified atom stereocenters. The quantitative estimate of drug-likeness (QED) is 0.282. The Morgan fingerprint density at radius 2 is 1.87 bits per heavy atom. The van der Waals surface area contributed by atoms with Gasteiger partial charge in [0.15, 0.2) is 5.84 Å². The number of nitrogens with two attached hydrogens (primary N) is 1. The number of oxime groups is 1. The Balaban J connectivity index is 4.54. The zero-order valence-corrected chi connectivity index (χ0v) is 10.0. The van der Waals surface area contributed by atoms with Gasteiger partial charge in [0, 0.05) is 5.92 Å². The van der Waals surface area contributed by atoms with Crippen molar-refractivity contribution in [3.8, 4) is 0 Å². The maximum absolute atomic E-state index is 11.7. The highest BCUT2D eigenvalue weighted by atomic mass is 16.4. The number of carbonyl (C=O) groups is 1. The third kappa shape index (κ3) is 3.77. The van der Waals surface area contributed by atoms with Gasteiger partial charge in [-0.3, -0.25) is 4.79 Å². The predicted molar refractivity (Wildman–Crippen MR) is 59.6 cm³/mol. The van der Waals surface area contributed by atoms with E-state index >= 15 is 0 Å². The van der Waals surface area contributed by atoms with Crippen molar-refractivity contribution in [1.29, 1.82) is 0 Å². The molecule has 0 heterocycles. The van der Waals surface area contributed by atoms with Crippen LogP contribution in [0, 0.1) is 11.8 Å². The molecule has 0 saturated carbocycles. The zero-order chi connectivity index (χ0) is 12.2. The summed E-state index contributed by atoms with van der Waals surface area (Å²) in [4.78, 5) is 11.7. The number of hydrogen-bond donors (Lipinski definition) is 3. The summed E-state index contributed by atoms with van der Waals surface area (Å²) in [6.45, 7) is 9.17. The molecular weight excluding hydrogens is 194 g/mol. The van der Waals surface area contributed by atoms with Gasteiger partial charge in [0.2, 0.25) is 5.91 Å². The van der Waals surface area contributed by atoms with Gasteiger partial charge in [0.25, 0.3) is 0 Å². The first-order chi connectivity index (χ1) is 6.72. The lowest BCUT2D eigenvalue weighted by atomic mass is 9.95. The Hall–Kier alpha value is -1.26. The van der Waals surface area contributed by atoms with Gasteiger partial charge in [0.1, 0.15) is 0 Å². The van der Waals surface area contributed by atoms with Crippen LogP contribution in [0.5, 0.6) is 0 Å². The molecule has 5 heteroatoms. The lowest BCUT2D eigenvalue weighted by molar-refractivity contribution is -0.126. The number of nitrogens with one attached hydrogen (secondary N) is 1. The highest BCUT2D eigenvalue weighted by molar-refractivity contribution is 5.93. The van der Waals surface area contributed by atoms with Gasteiger partial charge in [0.05, 0.1) is 5.54 Å². The van der Waals surface area contributed by atoms with Crippen molar-refractivity contribution >= 4 is 11.7 Å². The molecule has 0 aliphatic rings. The molecular formula is C10H21N3O2. The number of carbonyl (C=O) groups excluding carboxylic acids is 1. The minimum Gasteiger partial charge on any atom is -0.409 e. The predicted octanol–water partition coefficient (Wildman–Crippen LogP) is 0.920. The van der Waals surface area contributed by atoms with Crippen LogP contribution in [-0.4, -0.2) is 22.5 Å². The van der Waals surface area contributed by atoms with Crippen LogP contribution in [0.1, 0.15) is 34.6 Å². The zero-order valence-electron chi connectivity index (χ0n) is 10.0. The van der Waals surface area contributed by atoms with Crippen molar-refractivity contribution in [2.75, 3.05) is 0 Å². The fourth-order valence-electron chi connectivity index (χ4n) is 0.914. The van der Waals surface area contributed by atoms with Gasteiger partial charge in [-0.15, -0.1) is 0 Å². The highest BCUT2D eigenvalue weighted by Crippen LogP contribution is 2.12. The smallest absolute Gasteiger partial charge is 0.223 e. The fourth-order valence-corrected chi connectivity index (χ4v) is 0.914. The molecule has 0 fully saturated rings. The van der Waals surface area contributed by atoms with Crippen LogP contribution in [-0.2, 0) is 4.79 Å². The summed E-state index contributed by atoms with van der Waals surface area (Å²) >= 11 is 0. The molecule has 0 radical (unpaired) electrons. The van der Waals surface area contributed by atoms with Crippen molar-refractivity contribution in [1.82, 2.24) is 5.32 Å². The summed E-state index contributed by atoms with van der Waals surface area (Å²) in [5.41, 5.74) is 4.64. The molecule has 0 saturated heterocycles. The summed E-state index contributed by atoms with van der Waals surface area (Å²) in [6.07, 6.45) is 0. The van der Waals surface area contributed by atoms with Crippen LogP contribution in [0.4, 0.5) is 0 Å². The molecule has 1 atom stereocenters. The van der Waals surface area contributed by atoms with Crippen molar-refractivity contribution in [3.05, 3.63) is 0 Å².